The zero-order valence-corrected chi connectivity index (χ0v) is 8.83. The van der Waals surface area contributed by atoms with E-state index in [4.69, 9.17) is 5.53 Å². The van der Waals surface area contributed by atoms with E-state index < -0.39 is 5.97 Å². The minimum atomic E-state index is -0.490. The number of rotatable bonds is 4. The molecule has 0 amide bonds. The number of carbonyl (C=O) groups excluding carboxylic acids is 1. The molecule has 0 aliphatic carbocycles. The molecule has 0 radical (unpaired) electrons. The summed E-state index contributed by atoms with van der Waals surface area (Å²) in [6.07, 6.45) is 1.64. The summed E-state index contributed by atoms with van der Waals surface area (Å²) in [5.41, 5.74) is 9.40. The van der Waals surface area contributed by atoms with Crippen molar-refractivity contribution < 1.29 is 9.53 Å². The number of methoxy groups -OCH3 is 1. The molecular formula is C11H11N3O2. The van der Waals surface area contributed by atoms with Crippen molar-refractivity contribution in [2.75, 3.05) is 13.7 Å². The van der Waals surface area contributed by atoms with E-state index in [9.17, 15) is 4.79 Å². The van der Waals surface area contributed by atoms with E-state index in [2.05, 4.69) is 14.8 Å². The minimum Gasteiger partial charge on any atom is -0.466 e. The molecule has 0 saturated carbocycles. The van der Waals surface area contributed by atoms with Gasteiger partial charge in [0, 0.05) is 10.5 Å². The van der Waals surface area contributed by atoms with Gasteiger partial charge in [0.05, 0.1) is 13.7 Å². The predicted molar refractivity (Wildman–Crippen MR) is 60.4 cm³/mol. The molecule has 0 aromatic heterocycles. The Morgan fingerprint density at radius 1 is 1.50 bits per heavy atom. The molecule has 1 aromatic rings. The van der Waals surface area contributed by atoms with Gasteiger partial charge in [0.25, 0.3) is 0 Å². The second kappa shape index (κ2) is 6.27. The smallest absolute Gasteiger partial charge is 0.333 e. The maximum Gasteiger partial charge on any atom is 0.333 e. The normalized spacial score (nSPS) is 10.4. The Hall–Kier alpha value is -2.26. The van der Waals surface area contributed by atoms with Crippen LogP contribution in [0.5, 0.6) is 0 Å². The van der Waals surface area contributed by atoms with Gasteiger partial charge in [-0.05, 0) is 17.2 Å². The van der Waals surface area contributed by atoms with E-state index in [-0.39, 0.29) is 6.54 Å². The lowest BCUT2D eigenvalue weighted by molar-refractivity contribution is -0.136. The Labute approximate surface area is 93.0 Å². The van der Waals surface area contributed by atoms with E-state index in [1.165, 1.54) is 7.11 Å². The number of hydrogen-bond donors (Lipinski definition) is 0. The molecular weight excluding hydrogens is 206 g/mol. The number of azide groups is 1. The zero-order chi connectivity index (χ0) is 11.8. The third-order valence-corrected chi connectivity index (χ3v) is 1.89. The monoisotopic (exact) mass is 217 g/mol. The van der Waals surface area contributed by atoms with Crippen LogP contribution in [-0.2, 0) is 9.53 Å². The number of esters is 1. The van der Waals surface area contributed by atoms with Gasteiger partial charge < -0.3 is 4.74 Å². The number of hydrogen-bond acceptors (Lipinski definition) is 3. The summed E-state index contributed by atoms with van der Waals surface area (Å²) < 4.78 is 4.59. The molecule has 0 saturated heterocycles. The number of ether oxygens (including phenoxy) is 1. The van der Waals surface area contributed by atoms with Crippen molar-refractivity contribution in [2.45, 2.75) is 0 Å². The largest absolute Gasteiger partial charge is 0.466 e. The highest BCUT2D eigenvalue weighted by Gasteiger charge is 2.07. The van der Waals surface area contributed by atoms with Crippen LogP contribution in [-0.4, -0.2) is 19.6 Å². The minimum absolute atomic E-state index is 0.0158. The average molecular weight is 217 g/mol. The standard InChI is InChI=1S/C11H11N3O2/c1-16-11(15)10(8-13-14-12)7-9-5-3-2-4-6-9/h2-7H,8H2,1H3/b10-7+. The van der Waals surface area contributed by atoms with Crippen molar-refractivity contribution in [1.29, 1.82) is 0 Å². The number of nitrogens with zero attached hydrogens (tertiary/aromatic N) is 3. The molecule has 0 spiro atoms. The lowest BCUT2D eigenvalue weighted by Gasteiger charge is -2.01. The van der Waals surface area contributed by atoms with Crippen molar-refractivity contribution >= 4 is 12.0 Å². The Balaban J connectivity index is 2.96. The molecule has 0 aliphatic heterocycles. The van der Waals surface area contributed by atoms with Gasteiger partial charge in [0.2, 0.25) is 0 Å². The van der Waals surface area contributed by atoms with Gasteiger partial charge in [-0.1, -0.05) is 35.4 Å². The number of carbonyl (C=O) groups is 1. The lowest BCUT2D eigenvalue weighted by atomic mass is 10.1. The van der Waals surface area contributed by atoms with Gasteiger partial charge in [-0.2, -0.15) is 0 Å². The summed E-state index contributed by atoms with van der Waals surface area (Å²) in [7, 11) is 1.29. The molecule has 0 aliphatic rings. The van der Waals surface area contributed by atoms with E-state index in [1.54, 1.807) is 6.08 Å². The summed E-state index contributed by atoms with van der Waals surface area (Å²) in [4.78, 5) is 14.0. The van der Waals surface area contributed by atoms with Gasteiger partial charge >= 0.3 is 5.97 Å². The van der Waals surface area contributed by atoms with E-state index in [1.807, 2.05) is 30.3 Å². The topological polar surface area (TPSA) is 75.1 Å². The lowest BCUT2D eigenvalue weighted by Crippen LogP contribution is -2.07. The second-order valence-corrected chi connectivity index (χ2v) is 2.96. The van der Waals surface area contributed by atoms with Crippen LogP contribution < -0.4 is 0 Å². The predicted octanol–water partition coefficient (Wildman–Crippen LogP) is 2.55. The van der Waals surface area contributed by atoms with E-state index in [0.29, 0.717) is 5.57 Å². The van der Waals surface area contributed by atoms with Gasteiger partial charge in [-0.25, -0.2) is 4.79 Å². The highest BCUT2D eigenvalue weighted by Crippen LogP contribution is 2.08. The SMILES string of the molecule is COC(=O)/C(=C/c1ccccc1)CN=[N+]=[N-]. The molecule has 5 heteroatoms. The summed E-state index contributed by atoms with van der Waals surface area (Å²) in [5, 5.41) is 3.35. The van der Waals surface area contributed by atoms with Crippen LogP contribution in [0, 0.1) is 0 Å². The van der Waals surface area contributed by atoms with Crippen LogP contribution in [0.2, 0.25) is 0 Å². The summed E-state index contributed by atoms with van der Waals surface area (Å²) >= 11 is 0. The molecule has 0 N–H and O–H groups in total. The summed E-state index contributed by atoms with van der Waals surface area (Å²) in [5.74, 6) is -0.490. The van der Waals surface area contributed by atoms with Crippen molar-refractivity contribution in [3.05, 3.63) is 51.9 Å². The Morgan fingerprint density at radius 2 is 2.19 bits per heavy atom. The fraction of sp³-hybridized carbons (Fsp3) is 0.182. The van der Waals surface area contributed by atoms with E-state index in [0.717, 1.165) is 5.56 Å². The molecule has 1 rings (SSSR count). The van der Waals surface area contributed by atoms with Crippen LogP contribution >= 0.6 is 0 Å². The first-order valence-corrected chi connectivity index (χ1v) is 4.62. The number of benzene rings is 1. The first-order valence-electron chi connectivity index (χ1n) is 4.62. The van der Waals surface area contributed by atoms with Gasteiger partial charge in [-0.3, -0.25) is 0 Å². The van der Waals surface area contributed by atoms with Gasteiger partial charge in [0.15, 0.2) is 0 Å². The van der Waals surface area contributed by atoms with Crippen molar-refractivity contribution in [3.63, 3.8) is 0 Å². The molecule has 0 bridgehead atoms. The van der Waals surface area contributed by atoms with Crippen LogP contribution in [0.1, 0.15) is 5.56 Å². The third kappa shape index (κ3) is 3.48. The van der Waals surface area contributed by atoms with Crippen LogP contribution in [0.15, 0.2) is 41.0 Å². The van der Waals surface area contributed by atoms with Crippen molar-refractivity contribution in [2.24, 2.45) is 5.11 Å². The van der Waals surface area contributed by atoms with Crippen LogP contribution in [0.4, 0.5) is 0 Å². The van der Waals surface area contributed by atoms with E-state index >= 15 is 0 Å². The molecule has 0 atom stereocenters. The zero-order valence-electron chi connectivity index (χ0n) is 8.83. The van der Waals surface area contributed by atoms with Gasteiger partial charge in [-0.15, -0.1) is 0 Å². The quantitative estimate of drug-likeness (QED) is 0.255. The van der Waals surface area contributed by atoms with Crippen molar-refractivity contribution in [1.82, 2.24) is 0 Å². The first-order chi connectivity index (χ1) is 7.77. The molecule has 16 heavy (non-hydrogen) atoms. The van der Waals surface area contributed by atoms with Crippen LogP contribution in [0.25, 0.3) is 16.5 Å². The first kappa shape index (κ1) is 11.8. The summed E-state index contributed by atoms with van der Waals surface area (Å²) in [6, 6.07) is 9.28. The highest BCUT2D eigenvalue weighted by molar-refractivity contribution is 5.94. The maximum absolute atomic E-state index is 11.3. The Kier molecular flexibility index (Phi) is 4.63. The Bertz CT molecular complexity index is 434. The average Bonchev–Trinajstić information content (AvgIpc) is 2.34. The molecule has 82 valence electrons. The molecule has 0 unspecified atom stereocenters. The Morgan fingerprint density at radius 3 is 2.75 bits per heavy atom. The van der Waals surface area contributed by atoms with Gasteiger partial charge in [0.1, 0.15) is 0 Å². The summed E-state index contributed by atoms with van der Waals surface area (Å²) in [6.45, 7) is -0.0158. The molecule has 0 heterocycles. The highest BCUT2D eigenvalue weighted by atomic mass is 16.5. The fourth-order valence-corrected chi connectivity index (χ4v) is 1.16. The second-order valence-electron chi connectivity index (χ2n) is 2.96. The molecule has 5 nitrogen and oxygen atoms in total. The molecule has 0 fully saturated rings. The molecule has 1 aromatic carbocycles. The van der Waals surface area contributed by atoms with Crippen molar-refractivity contribution in [3.8, 4) is 0 Å². The maximum atomic E-state index is 11.3. The van der Waals surface area contributed by atoms with Crippen LogP contribution in [0.3, 0.4) is 0 Å². The third-order valence-electron chi connectivity index (χ3n) is 1.89. The fourth-order valence-electron chi connectivity index (χ4n) is 1.16.